The normalized spacial score (nSPS) is 17.7. The second kappa shape index (κ2) is 8.61. The first-order valence-electron chi connectivity index (χ1n) is 9.71. The number of hydrogen-bond donors (Lipinski definition) is 1. The van der Waals surface area contributed by atoms with Crippen LogP contribution in [0.3, 0.4) is 0 Å². The molecule has 3 aromatic rings. The van der Waals surface area contributed by atoms with Crippen LogP contribution in [0.4, 0.5) is 0 Å². The van der Waals surface area contributed by atoms with E-state index in [0.29, 0.717) is 25.1 Å². The molecule has 1 amide bonds. The minimum atomic E-state index is -3.06. The van der Waals surface area contributed by atoms with Gasteiger partial charge in [-0.05, 0) is 42.0 Å². The van der Waals surface area contributed by atoms with Crippen molar-refractivity contribution in [2.45, 2.75) is 18.9 Å². The van der Waals surface area contributed by atoms with Crippen LogP contribution < -0.4 is 10.1 Å². The summed E-state index contributed by atoms with van der Waals surface area (Å²) in [6.07, 6.45) is 1.15. The van der Waals surface area contributed by atoms with E-state index in [1.807, 2.05) is 41.8 Å². The van der Waals surface area contributed by atoms with Crippen LogP contribution in [-0.4, -0.2) is 49.3 Å². The van der Waals surface area contributed by atoms with Crippen molar-refractivity contribution in [3.8, 4) is 16.3 Å². The molecule has 1 aliphatic heterocycles. The highest BCUT2D eigenvalue weighted by molar-refractivity contribution is 7.91. The van der Waals surface area contributed by atoms with Gasteiger partial charge in [-0.2, -0.15) is 5.10 Å². The van der Waals surface area contributed by atoms with Crippen molar-refractivity contribution in [1.29, 1.82) is 0 Å². The molecular weight excluding hydrogens is 422 g/mol. The van der Waals surface area contributed by atoms with Gasteiger partial charge in [0.25, 0.3) is 5.91 Å². The van der Waals surface area contributed by atoms with Crippen LogP contribution in [0.2, 0.25) is 0 Å². The molecule has 30 heavy (non-hydrogen) atoms. The lowest BCUT2D eigenvalue weighted by molar-refractivity contribution is 0.0948. The molecule has 0 saturated carbocycles. The summed E-state index contributed by atoms with van der Waals surface area (Å²) in [7, 11) is -1.44. The second-order valence-corrected chi connectivity index (χ2v) is 10.4. The SMILES string of the molecule is COc1ccccc1CCNC(=O)c1cc(-c2cccs2)n([C@@H]2CCS(=O)(=O)C2)n1. The smallest absolute Gasteiger partial charge is 0.271 e. The highest BCUT2D eigenvalue weighted by Crippen LogP contribution is 2.32. The summed E-state index contributed by atoms with van der Waals surface area (Å²) in [5.41, 5.74) is 2.09. The number of thiophene rings is 1. The number of amides is 1. The summed E-state index contributed by atoms with van der Waals surface area (Å²) in [5, 5.41) is 9.35. The predicted molar refractivity (Wildman–Crippen MR) is 117 cm³/mol. The van der Waals surface area contributed by atoms with E-state index in [1.165, 1.54) is 11.3 Å². The monoisotopic (exact) mass is 445 g/mol. The number of carbonyl (C=O) groups is 1. The molecule has 1 fully saturated rings. The van der Waals surface area contributed by atoms with Crippen LogP contribution in [0, 0.1) is 0 Å². The number of sulfone groups is 1. The molecule has 0 radical (unpaired) electrons. The fourth-order valence-electron chi connectivity index (χ4n) is 3.67. The van der Waals surface area contributed by atoms with Crippen LogP contribution in [0.1, 0.15) is 28.5 Å². The minimum Gasteiger partial charge on any atom is -0.496 e. The fraction of sp³-hybridized carbons (Fsp3) is 0.333. The van der Waals surface area contributed by atoms with Gasteiger partial charge in [-0.1, -0.05) is 24.3 Å². The lowest BCUT2D eigenvalue weighted by atomic mass is 10.1. The van der Waals surface area contributed by atoms with Crippen LogP contribution in [-0.2, 0) is 16.3 Å². The van der Waals surface area contributed by atoms with Gasteiger partial charge in [0.05, 0.1) is 35.2 Å². The van der Waals surface area contributed by atoms with E-state index in [-0.39, 0.29) is 23.5 Å². The Morgan fingerprint density at radius 1 is 1.30 bits per heavy atom. The highest BCUT2D eigenvalue weighted by Gasteiger charge is 2.32. The molecule has 4 rings (SSSR count). The Balaban J connectivity index is 1.51. The number of nitrogens with one attached hydrogen (secondary N) is 1. The molecule has 0 spiro atoms. The number of ether oxygens (including phenoxy) is 1. The summed E-state index contributed by atoms with van der Waals surface area (Å²) in [4.78, 5) is 13.7. The van der Waals surface area contributed by atoms with E-state index in [4.69, 9.17) is 4.74 Å². The number of rotatable bonds is 7. The zero-order valence-electron chi connectivity index (χ0n) is 16.6. The lowest BCUT2D eigenvalue weighted by Gasteiger charge is -2.12. The molecule has 1 N–H and O–H groups in total. The molecule has 1 aliphatic rings. The Morgan fingerprint density at radius 2 is 2.13 bits per heavy atom. The maximum absolute atomic E-state index is 12.7. The van der Waals surface area contributed by atoms with E-state index in [9.17, 15) is 13.2 Å². The molecule has 1 saturated heterocycles. The van der Waals surface area contributed by atoms with Crippen molar-refractivity contribution in [3.05, 3.63) is 59.1 Å². The van der Waals surface area contributed by atoms with E-state index >= 15 is 0 Å². The number of carbonyl (C=O) groups excluding carboxylic acids is 1. The van der Waals surface area contributed by atoms with Gasteiger partial charge >= 0.3 is 0 Å². The van der Waals surface area contributed by atoms with Gasteiger partial charge in [0.1, 0.15) is 5.75 Å². The number of benzene rings is 1. The van der Waals surface area contributed by atoms with Gasteiger partial charge in [0, 0.05) is 6.54 Å². The van der Waals surface area contributed by atoms with Crippen molar-refractivity contribution in [3.63, 3.8) is 0 Å². The Morgan fingerprint density at radius 3 is 2.83 bits per heavy atom. The fourth-order valence-corrected chi connectivity index (χ4v) is 6.10. The van der Waals surface area contributed by atoms with Gasteiger partial charge in [-0.15, -0.1) is 11.3 Å². The van der Waals surface area contributed by atoms with Crippen molar-refractivity contribution in [2.75, 3.05) is 25.2 Å². The maximum atomic E-state index is 12.7. The average Bonchev–Trinajstić information content (AvgIpc) is 3.47. The molecule has 0 bridgehead atoms. The summed E-state index contributed by atoms with van der Waals surface area (Å²) in [5.74, 6) is 0.727. The first kappa shape index (κ1) is 20.6. The summed E-state index contributed by atoms with van der Waals surface area (Å²) in [6.45, 7) is 0.443. The summed E-state index contributed by atoms with van der Waals surface area (Å²) in [6, 6.07) is 13.1. The number of para-hydroxylation sites is 1. The molecule has 3 heterocycles. The van der Waals surface area contributed by atoms with Gasteiger partial charge in [0.15, 0.2) is 15.5 Å². The first-order chi connectivity index (χ1) is 14.5. The molecule has 158 valence electrons. The third-order valence-electron chi connectivity index (χ3n) is 5.17. The van der Waals surface area contributed by atoms with Crippen LogP contribution >= 0.6 is 11.3 Å². The minimum absolute atomic E-state index is 0.0575. The van der Waals surface area contributed by atoms with Gasteiger partial charge in [-0.3, -0.25) is 9.48 Å². The zero-order chi connectivity index (χ0) is 21.1. The zero-order valence-corrected chi connectivity index (χ0v) is 18.2. The molecule has 2 aromatic heterocycles. The molecular formula is C21H23N3O4S2. The van der Waals surface area contributed by atoms with E-state index in [2.05, 4.69) is 10.4 Å². The van der Waals surface area contributed by atoms with Gasteiger partial charge < -0.3 is 10.1 Å². The number of hydrogen-bond acceptors (Lipinski definition) is 6. The highest BCUT2D eigenvalue weighted by atomic mass is 32.2. The Labute approximate surface area is 179 Å². The Bertz CT molecular complexity index is 1140. The molecule has 9 heteroatoms. The van der Waals surface area contributed by atoms with E-state index < -0.39 is 9.84 Å². The Kier molecular flexibility index (Phi) is 5.92. The van der Waals surface area contributed by atoms with Crippen molar-refractivity contribution in [2.24, 2.45) is 0 Å². The van der Waals surface area contributed by atoms with E-state index in [0.717, 1.165) is 21.9 Å². The first-order valence-corrected chi connectivity index (χ1v) is 12.4. The molecule has 1 aromatic carbocycles. The quantitative estimate of drug-likeness (QED) is 0.604. The second-order valence-electron chi connectivity index (χ2n) is 7.21. The average molecular weight is 446 g/mol. The Hall–Kier alpha value is -2.65. The number of methoxy groups -OCH3 is 1. The summed E-state index contributed by atoms with van der Waals surface area (Å²) >= 11 is 1.54. The topological polar surface area (TPSA) is 90.3 Å². The summed E-state index contributed by atoms with van der Waals surface area (Å²) < 4.78 is 31.0. The molecule has 7 nitrogen and oxygen atoms in total. The van der Waals surface area contributed by atoms with Crippen molar-refractivity contribution in [1.82, 2.24) is 15.1 Å². The van der Waals surface area contributed by atoms with Crippen LogP contribution in [0.25, 0.3) is 10.6 Å². The van der Waals surface area contributed by atoms with Crippen LogP contribution in [0.5, 0.6) is 5.75 Å². The predicted octanol–water partition coefficient (Wildman–Crippen LogP) is 2.95. The number of nitrogens with zero attached hydrogens (tertiary/aromatic N) is 2. The van der Waals surface area contributed by atoms with Gasteiger partial charge in [-0.25, -0.2) is 8.42 Å². The van der Waals surface area contributed by atoms with Gasteiger partial charge in [0.2, 0.25) is 0 Å². The lowest BCUT2D eigenvalue weighted by Crippen LogP contribution is -2.26. The molecule has 0 aliphatic carbocycles. The number of aromatic nitrogens is 2. The third kappa shape index (κ3) is 4.41. The van der Waals surface area contributed by atoms with Crippen LogP contribution in [0.15, 0.2) is 47.8 Å². The van der Waals surface area contributed by atoms with Crippen molar-refractivity contribution < 1.29 is 17.9 Å². The maximum Gasteiger partial charge on any atom is 0.271 e. The molecule has 0 unspecified atom stereocenters. The molecule has 1 atom stereocenters. The standard InChI is InChI=1S/C21H23N3O4S2/c1-28-19-6-3-2-5-15(19)8-10-22-21(25)17-13-18(20-7-4-11-29-20)24(23-17)16-9-12-30(26,27)14-16/h2-7,11,13,16H,8-10,12,14H2,1H3,(H,22,25)/t16-/m1/s1. The van der Waals surface area contributed by atoms with E-state index in [1.54, 1.807) is 17.9 Å². The van der Waals surface area contributed by atoms with Crippen molar-refractivity contribution >= 4 is 27.1 Å². The largest absolute Gasteiger partial charge is 0.496 e. The third-order valence-corrected chi connectivity index (χ3v) is 7.81.